The Morgan fingerprint density at radius 2 is 1.71 bits per heavy atom. The number of nitrogens with one attached hydrogen (secondary N) is 1. The first-order chi connectivity index (χ1) is 11.6. The van der Waals surface area contributed by atoms with Crippen LogP contribution in [0.1, 0.15) is 23.2 Å². The van der Waals surface area contributed by atoms with Gasteiger partial charge in [-0.25, -0.2) is 8.78 Å². The Labute approximate surface area is 138 Å². The van der Waals surface area contributed by atoms with Crippen LogP contribution in [0.4, 0.5) is 14.5 Å². The molecule has 3 rings (SSSR count). The molecule has 0 radical (unpaired) electrons. The summed E-state index contributed by atoms with van der Waals surface area (Å²) < 4.78 is 27.4. The molecule has 1 fully saturated rings. The van der Waals surface area contributed by atoms with Crippen LogP contribution in [0.25, 0.3) is 0 Å². The first kappa shape index (κ1) is 16.1. The highest BCUT2D eigenvalue weighted by Gasteiger charge is 2.32. The normalized spacial score (nSPS) is 17.7. The highest BCUT2D eigenvalue weighted by atomic mass is 19.1. The molecule has 0 aliphatic carbocycles. The van der Waals surface area contributed by atoms with Gasteiger partial charge in [-0.1, -0.05) is 24.3 Å². The first-order valence-electron chi connectivity index (χ1n) is 7.69. The van der Waals surface area contributed by atoms with Crippen LogP contribution in [0.15, 0.2) is 48.5 Å². The van der Waals surface area contributed by atoms with E-state index in [1.807, 2.05) is 18.2 Å². The second-order valence-corrected chi connectivity index (χ2v) is 5.59. The van der Waals surface area contributed by atoms with E-state index < -0.39 is 29.1 Å². The van der Waals surface area contributed by atoms with Crippen LogP contribution in [-0.2, 0) is 4.79 Å². The minimum Gasteiger partial charge on any atom is -0.340 e. The average Bonchev–Trinajstić information content (AvgIpc) is 2.57. The number of hydrogen-bond acceptors (Lipinski definition) is 2. The molecule has 24 heavy (non-hydrogen) atoms. The molecule has 1 heterocycles. The predicted octanol–water partition coefficient (Wildman–Crippen LogP) is 2.89. The van der Waals surface area contributed by atoms with Gasteiger partial charge in [-0.15, -0.1) is 0 Å². The van der Waals surface area contributed by atoms with E-state index in [0.717, 1.165) is 17.8 Å². The highest BCUT2D eigenvalue weighted by molar-refractivity contribution is 6.03. The molecule has 0 bridgehead atoms. The topological polar surface area (TPSA) is 49.4 Å². The van der Waals surface area contributed by atoms with Crippen molar-refractivity contribution in [1.29, 1.82) is 0 Å². The van der Waals surface area contributed by atoms with Gasteiger partial charge in [0.15, 0.2) is 0 Å². The smallest absolute Gasteiger partial charge is 0.257 e. The molecule has 1 aliphatic rings. The third-order valence-corrected chi connectivity index (χ3v) is 4.00. The van der Waals surface area contributed by atoms with E-state index in [9.17, 15) is 18.4 Å². The Hall–Kier alpha value is -2.76. The van der Waals surface area contributed by atoms with E-state index in [4.69, 9.17) is 0 Å². The lowest BCUT2D eigenvalue weighted by atomic mass is 10.0. The number of halogens is 2. The number of para-hydroxylation sites is 1. The molecule has 6 heteroatoms. The number of rotatable bonds is 3. The zero-order chi connectivity index (χ0) is 17.1. The van der Waals surface area contributed by atoms with Crippen molar-refractivity contribution in [3.8, 4) is 0 Å². The number of carbonyl (C=O) groups is 2. The monoisotopic (exact) mass is 330 g/mol. The molecule has 1 atom stereocenters. The van der Waals surface area contributed by atoms with Crippen molar-refractivity contribution >= 4 is 17.5 Å². The maximum absolute atomic E-state index is 13.7. The minimum absolute atomic E-state index is 0.280. The van der Waals surface area contributed by atoms with E-state index >= 15 is 0 Å². The van der Waals surface area contributed by atoms with Crippen molar-refractivity contribution < 1.29 is 18.4 Å². The Bertz CT molecular complexity index is 745. The van der Waals surface area contributed by atoms with Gasteiger partial charge in [0, 0.05) is 12.2 Å². The fourth-order valence-corrected chi connectivity index (χ4v) is 2.82. The van der Waals surface area contributed by atoms with Crippen LogP contribution in [0, 0.1) is 11.6 Å². The van der Waals surface area contributed by atoms with E-state index in [-0.39, 0.29) is 5.91 Å². The third-order valence-electron chi connectivity index (χ3n) is 4.00. The number of anilines is 1. The summed E-state index contributed by atoms with van der Waals surface area (Å²) in [5.74, 6) is -3.09. The summed E-state index contributed by atoms with van der Waals surface area (Å²) in [6.07, 6.45) is 1.12. The van der Waals surface area contributed by atoms with Gasteiger partial charge in [0.1, 0.15) is 23.2 Å². The molecular weight excluding hydrogens is 314 g/mol. The second-order valence-electron chi connectivity index (χ2n) is 5.59. The van der Waals surface area contributed by atoms with Gasteiger partial charge < -0.3 is 10.2 Å². The Balaban J connectivity index is 1.78. The van der Waals surface area contributed by atoms with Crippen LogP contribution in [0.5, 0.6) is 0 Å². The number of benzene rings is 2. The average molecular weight is 330 g/mol. The van der Waals surface area contributed by atoms with Gasteiger partial charge >= 0.3 is 0 Å². The molecule has 1 N–H and O–H groups in total. The first-order valence-corrected chi connectivity index (χ1v) is 7.69. The number of nitrogens with zero attached hydrogens (tertiary/aromatic N) is 1. The van der Waals surface area contributed by atoms with Gasteiger partial charge in [0.05, 0.1) is 0 Å². The predicted molar refractivity (Wildman–Crippen MR) is 85.6 cm³/mol. The van der Waals surface area contributed by atoms with E-state index in [1.54, 1.807) is 17.0 Å². The fourth-order valence-electron chi connectivity index (χ4n) is 2.82. The van der Waals surface area contributed by atoms with Crippen LogP contribution < -0.4 is 10.2 Å². The van der Waals surface area contributed by atoms with Gasteiger partial charge in [-0.05, 0) is 37.1 Å². The minimum atomic E-state index is -0.948. The summed E-state index contributed by atoms with van der Waals surface area (Å²) in [4.78, 5) is 26.3. The van der Waals surface area contributed by atoms with Crippen molar-refractivity contribution in [3.63, 3.8) is 0 Å². The van der Waals surface area contributed by atoms with E-state index in [2.05, 4.69) is 5.32 Å². The molecule has 0 spiro atoms. The van der Waals surface area contributed by atoms with Gasteiger partial charge in [0.25, 0.3) is 5.91 Å². The summed E-state index contributed by atoms with van der Waals surface area (Å²) in [5, 5.41) is 2.46. The van der Waals surface area contributed by atoms with Crippen molar-refractivity contribution in [1.82, 2.24) is 5.32 Å². The zero-order valence-electron chi connectivity index (χ0n) is 12.8. The molecule has 2 amide bonds. The molecule has 2 aromatic rings. The second kappa shape index (κ2) is 6.78. The van der Waals surface area contributed by atoms with Crippen LogP contribution >= 0.6 is 0 Å². The van der Waals surface area contributed by atoms with Crippen molar-refractivity contribution in [3.05, 3.63) is 65.7 Å². The summed E-state index contributed by atoms with van der Waals surface area (Å²) in [6, 6.07) is 11.5. The molecular formula is C18H16F2N2O2. The van der Waals surface area contributed by atoms with Crippen LogP contribution in [0.2, 0.25) is 0 Å². The standard InChI is InChI=1S/C18H16F2N2O2/c19-13-8-4-9-14(20)16(13)17(23)21-15-10-5-11-22(18(15)24)12-6-2-1-3-7-12/h1-4,6-9,15H,5,10-11H2,(H,21,23). The van der Waals surface area contributed by atoms with Crippen LogP contribution in [0.3, 0.4) is 0 Å². The number of hydrogen-bond donors (Lipinski definition) is 1. The number of piperidine rings is 1. The van der Waals surface area contributed by atoms with Crippen LogP contribution in [-0.4, -0.2) is 24.4 Å². The Morgan fingerprint density at radius 3 is 2.38 bits per heavy atom. The number of amides is 2. The van der Waals surface area contributed by atoms with E-state index in [0.29, 0.717) is 19.4 Å². The summed E-state index contributed by atoms with van der Waals surface area (Å²) >= 11 is 0. The quantitative estimate of drug-likeness (QED) is 0.941. The largest absolute Gasteiger partial charge is 0.340 e. The Morgan fingerprint density at radius 1 is 1.04 bits per heavy atom. The highest BCUT2D eigenvalue weighted by Crippen LogP contribution is 2.21. The lowest BCUT2D eigenvalue weighted by molar-refractivity contribution is -0.121. The molecule has 4 nitrogen and oxygen atoms in total. The van der Waals surface area contributed by atoms with E-state index in [1.165, 1.54) is 6.07 Å². The molecule has 0 aromatic heterocycles. The lowest BCUT2D eigenvalue weighted by Crippen LogP contribution is -2.52. The third kappa shape index (κ3) is 3.13. The molecule has 1 unspecified atom stereocenters. The SMILES string of the molecule is O=C(NC1CCCN(c2ccccc2)C1=O)c1c(F)cccc1F. The summed E-state index contributed by atoms with van der Waals surface area (Å²) in [6.45, 7) is 0.545. The molecule has 1 saturated heterocycles. The maximum Gasteiger partial charge on any atom is 0.257 e. The number of carbonyl (C=O) groups excluding carboxylic acids is 2. The molecule has 1 aliphatic heterocycles. The van der Waals surface area contributed by atoms with Gasteiger partial charge in [-0.2, -0.15) is 0 Å². The summed E-state index contributed by atoms with van der Waals surface area (Å²) in [5.41, 5.74) is 0.0701. The van der Waals surface area contributed by atoms with Crippen molar-refractivity contribution in [2.45, 2.75) is 18.9 Å². The van der Waals surface area contributed by atoms with Crippen molar-refractivity contribution in [2.75, 3.05) is 11.4 Å². The summed E-state index contributed by atoms with van der Waals surface area (Å²) in [7, 11) is 0. The lowest BCUT2D eigenvalue weighted by Gasteiger charge is -2.32. The van der Waals surface area contributed by atoms with Gasteiger partial charge in [-0.3, -0.25) is 9.59 Å². The zero-order valence-corrected chi connectivity index (χ0v) is 12.8. The molecule has 0 saturated carbocycles. The maximum atomic E-state index is 13.7. The van der Waals surface area contributed by atoms with Crippen molar-refractivity contribution in [2.24, 2.45) is 0 Å². The fraction of sp³-hybridized carbons (Fsp3) is 0.222. The van der Waals surface area contributed by atoms with Gasteiger partial charge in [0.2, 0.25) is 5.91 Å². The molecule has 2 aromatic carbocycles. The molecule has 124 valence electrons. The Kier molecular flexibility index (Phi) is 4.55.